The van der Waals surface area contributed by atoms with Crippen molar-refractivity contribution in [2.45, 2.75) is 18.8 Å². The Morgan fingerprint density at radius 1 is 1.23 bits per heavy atom. The maximum atomic E-state index is 11.3. The molecule has 156 valence electrons. The topological polar surface area (TPSA) is 95.8 Å². The number of piperidine rings is 1. The number of carbonyl (C=O) groups excluding carboxylic acids is 1. The number of benzene rings is 2. The Morgan fingerprint density at radius 2 is 2.00 bits per heavy atom. The van der Waals surface area contributed by atoms with Crippen molar-refractivity contribution in [1.82, 2.24) is 14.8 Å². The van der Waals surface area contributed by atoms with Crippen LogP contribution in [0.3, 0.4) is 0 Å². The summed E-state index contributed by atoms with van der Waals surface area (Å²) in [4.78, 5) is 17.2. The van der Waals surface area contributed by atoms with E-state index in [0.717, 1.165) is 48.6 Å². The minimum Gasteiger partial charge on any atom is -0.423 e. The van der Waals surface area contributed by atoms with Crippen molar-refractivity contribution < 1.29 is 14.8 Å². The summed E-state index contributed by atoms with van der Waals surface area (Å²) >= 11 is 0. The molecule has 0 bridgehead atoms. The van der Waals surface area contributed by atoms with Crippen LogP contribution in [0.4, 0.5) is 11.4 Å². The monoisotopic (exact) mass is 415 g/mol. The van der Waals surface area contributed by atoms with Crippen molar-refractivity contribution in [3.05, 3.63) is 65.5 Å². The lowest BCUT2D eigenvalue weighted by atomic mass is 9.76. The van der Waals surface area contributed by atoms with Crippen LogP contribution < -0.4 is 10.4 Å². The van der Waals surface area contributed by atoms with Crippen molar-refractivity contribution in [2.75, 3.05) is 18.0 Å². The fraction of sp³-hybridized carbons (Fsp3) is 0.273. The van der Waals surface area contributed by atoms with Gasteiger partial charge in [-0.3, -0.25) is 4.79 Å². The molecule has 2 heterocycles. The summed E-state index contributed by atoms with van der Waals surface area (Å²) in [5.74, 6) is 1.29. The first-order chi connectivity index (χ1) is 15.0. The number of hydrogen-bond acceptors (Lipinski definition) is 6. The third-order valence-corrected chi connectivity index (χ3v) is 5.86. The maximum Gasteiger partial charge on any atom is 0.489 e. The molecule has 0 amide bonds. The standard InChI is InChI=1S/C22H22BN5O3/c1-24-20-5-3-4-18(16-6-7-17(13-29)19(12-16)23(30)31)21(20)28-10-8-15(9-11-28)22-26-25-14-27(22)2/h3-7,12-15,30-31H,8-11H2,2H3. The molecule has 3 aromatic rings. The smallest absolute Gasteiger partial charge is 0.423 e. The number of rotatable bonds is 5. The molecule has 2 N–H and O–H groups in total. The summed E-state index contributed by atoms with van der Waals surface area (Å²) in [6.45, 7) is 9.19. The molecule has 1 saturated heterocycles. The molecule has 0 spiro atoms. The highest BCUT2D eigenvalue weighted by molar-refractivity contribution is 6.60. The van der Waals surface area contributed by atoms with Crippen LogP contribution in [0.5, 0.6) is 0 Å². The van der Waals surface area contributed by atoms with E-state index in [9.17, 15) is 14.8 Å². The molecular weight excluding hydrogens is 393 g/mol. The highest BCUT2D eigenvalue weighted by Crippen LogP contribution is 2.41. The number of nitrogens with zero attached hydrogens (tertiary/aromatic N) is 5. The van der Waals surface area contributed by atoms with E-state index >= 15 is 0 Å². The number of hydrogen-bond donors (Lipinski definition) is 2. The van der Waals surface area contributed by atoms with Crippen LogP contribution in [0.15, 0.2) is 42.7 Å². The second kappa shape index (κ2) is 8.72. The van der Waals surface area contributed by atoms with Gasteiger partial charge in [0, 0.05) is 37.3 Å². The predicted molar refractivity (Wildman–Crippen MR) is 119 cm³/mol. The minimum absolute atomic E-state index is 0.146. The Hall–Kier alpha value is -3.48. The lowest BCUT2D eigenvalue weighted by Gasteiger charge is -2.35. The number of anilines is 1. The molecule has 1 aliphatic rings. The van der Waals surface area contributed by atoms with Gasteiger partial charge in [0.15, 0.2) is 0 Å². The van der Waals surface area contributed by atoms with E-state index in [-0.39, 0.29) is 11.0 Å². The first-order valence-corrected chi connectivity index (χ1v) is 10.1. The highest BCUT2D eigenvalue weighted by Gasteiger charge is 2.27. The lowest BCUT2D eigenvalue weighted by Crippen LogP contribution is -2.34. The maximum absolute atomic E-state index is 11.3. The molecular formula is C22H22BN5O3. The van der Waals surface area contributed by atoms with Crippen LogP contribution in [0.2, 0.25) is 0 Å². The fourth-order valence-electron chi connectivity index (χ4n) is 4.28. The van der Waals surface area contributed by atoms with Gasteiger partial charge < -0.3 is 19.5 Å². The van der Waals surface area contributed by atoms with E-state index < -0.39 is 7.12 Å². The second-order valence-electron chi connectivity index (χ2n) is 7.68. The van der Waals surface area contributed by atoms with E-state index in [1.165, 1.54) is 0 Å². The van der Waals surface area contributed by atoms with Crippen LogP contribution in [-0.2, 0) is 7.05 Å². The minimum atomic E-state index is -1.75. The first-order valence-electron chi connectivity index (χ1n) is 10.1. The number of aldehydes is 1. The summed E-state index contributed by atoms with van der Waals surface area (Å²) < 4.78 is 1.95. The normalized spacial score (nSPS) is 14.3. The molecule has 2 aromatic carbocycles. The molecule has 0 aliphatic carbocycles. The van der Waals surface area contributed by atoms with E-state index in [2.05, 4.69) is 19.9 Å². The van der Waals surface area contributed by atoms with Crippen molar-refractivity contribution in [3.8, 4) is 11.1 Å². The molecule has 8 nitrogen and oxygen atoms in total. The first kappa shape index (κ1) is 20.8. The Morgan fingerprint density at radius 3 is 2.61 bits per heavy atom. The molecule has 1 aliphatic heterocycles. The van der Waals surface area contributed by atoms with Gasteiger partial charge in [0.05, 0.1) is 6.57 Å². The molecule has 4 rings (SSSR count). The molecule has 1 fully saturated rings. The number of aromatic nitrogens is 3. The quantitative estimate of drug-likeness (QED) is 0.376. The van der Waals surface area contributed by atoms with Crippen LogP contribution in [0.1, 0.15) is 34.9 Å². The summed E-state index contributed by atoms with van der Waals surface area (Å²) in [6.07, 6.45) is 4.10. The summed E-state index contributed by atoms with van der Waals surface area (Å²) in [5, 5.41) is 27.6. The van der Waals surface area contributed by atoms with Crippen LogP contribution >= 0.6 is 0 Å². The van der Waals surface area contributed by atoms with Crippen molar-refractivity contribution >= 4 is 30.2 Å². The zero-order valence-electron chi connectivity index (χ0n) is 17.1. The predicted octanol–water partition coefficient (Wildman–Crippen LogP) is 1.91. The van der Waals surface area contributed by atoms with Crippen LogP contribution in [0.25, 0.3) is 16.0 Å². The van der Waals surface area contributed by atoms with Crippen molar-refractivity contribution in [2.24, 2.45) is 7.05 Å². The third kappa shape index (κ3) is 3.95. The average Bonchev–Trinajstić information content (AvgIpc) is 3.24. The zero-order chi connectivity index (χ0) is 22.0. The van der Waals surface area contributed by atoms with Gasteiger partial charge in [0.2, 0.25) is 5.69 Å². The van der Waals surface area contributed by atoms with E-state index in [4.69, 9.17) is 6.57 Å². The Bertz CT molecular complexity index is 1150. The number of aryl methyl sites for hydroxylation is 1. The molecule has 31 heavy (non-hydrogen) atoms. The van der Waals surface area contributed by atoms with Gasteiger partial charge in [-0.05, 0) is 29.4 Å². The summed E-state index contributed by atoms with van der Waals surface area (Å²) in [6, 6.07) is 10.5. The fourth-order valence-corrected chi connectivity index (χ4v) is 4.28. The number of carbonyl (C=O) groups is 1. The van der Waals surface area contributed by atoms with E-state index in [1.54, 1.807) is 30.6 Å². The van der Waals surface area contributed by atoms with Gasteiger partial charge >= 0.3 is 7.12 Å². The van der Waals surface area contributed by atoms with Gasteiger partial charge in [-0.1, -0.05) is 36.4 Å². The van der Waals surface area contributed by atoms with Gasteiger partial charge in [-0.25, -0.2) is 4.85 Å². The second-order valence-corrected chi connectivity index (χ2v) is 7.68. The lowest BCUT2D eigenvalue weighted by molar-refractivity contribution is 0.112. The molecule has 0 atom stereocenters. The van der Waals surface area contributed by atoms with Crippen molar-refractivity contribution in [1.29, 1.82) is 0 Å². The average molecular weight is 415 g/mol. The Balaban J connectivity index is 1.70. The Kier molecular flexibility index (Phi) is 5.84. The van der Waals surface area contributed by atoms with Gasteiger partial charge in [0.25, 0.3) is 0 Å². The van der Waals surface area contributed by atoms with Crippen LogP contribution in [0, 0.1) is 6.57 Å². The third-order valence-electron chi connectivity index (χ3n) is 5.86. The molecule has 0 radical (unpaired) electrons. The largest absolute Gasteiger partial charge is 0.489 e. The summed E-state index contributed by atoms with van der Waals surface area (Å²) in [5.41, 5.74) is 3.29. The van der Waals surface area contributed by atoms with Crippen molar-refractivity contribution in [3.63, 3.8) is 0 Å². The summed E-state index contributed by atoms with van der Waals surface area (Å²) in [7, 11) is 0.194. The molecule has 0 saturated carbocycles. The van der Waals surface area contributed by atoms with Gasteiger partial charge in [0.1, 0.15) is 18.4 Å². The highest BCUT2D eigenvalue weighted by atomic mass is 16.4. The molecule has 9 heteroatoms. The molecule has 0 unspecified atom stereocenters. The Labute approximate surface area is 180 Å². The van der Waals surface area contributed by atoms with Gasteiger partial charge in [-0.15, -0.1) is 10.2 Å². The zero-order valence-corrected chi connectivity index (χ0v) is 17.1. The molecule has 1 aromatic heterocycles. The van der Waals surface area contributed by atoms with Crippen LogP contribution in [-0.4, -0.2) is 51.3 Å². The SMILES string of the molecule is [C-]#[N+]c1cccc(-c2ccc(C=O)c(B(O)O)c2)c1N1CCC(c2nncn2C)CC1. The van der Waals surface area contributed by atoms with E-state index in [0.29, 0.717) is 17.9 Å². The van der Waals surface area contributed by atoms with Gasteiger partial charge in [-0.2, -0.15) is 0 Å². The number of para-hydroxylation sites is 1. The van der Waals surface area contributed by atoms with E-state index in [1.807, 2.05) is 23.7 Å².